The van der Waals surface area contributed by atoms with E-state index in [1.165, 1.54) is 0 Å². The Bertz CT molecular complexity index is 202. The van der Waals surface area contributed by atoms with Gasteiger partial charge in [-0.1, -0.05) is 0 Å². The summed E-state index contributed by atoms with van der Waals surface area (Å²) in [5.41, 5.74) is 0. The van der Waals surface area contributed by atoms with Crippen LogP contribution in [0.5, 0.6) is 0 Å². The van der Waals surface area contributed by atoms with E-state index in [4.69, 9.17) is 0 Å². The second kappa shape index (κ2) is 2.42. The predicted molar refractivity (Wildman–Crippen MR) is 29.6 cm³/mol. The average Bonchev–Trinajstić information content (AvgIpc) is 1.94. The maximum Gasteiger partial charge on any atom is 0.339 e. The van der Waals surface area contributed by atoms with Gasteiger partial charge >= 0.3 is 12.4 Å². The van der Waals surface area contributed by atoms with Crippen molar-refractivity contribution in [3.05, 3.63) is 24.5 Å². The van der Waals surface area contributed by atoms with E-state index in [1.54, 1.807) is 24.5 Å². The van der Waals surface area contributed by atoms with Gasteiger partial charge in [-0.15, -0.1) is 0 Å². The Balaban J connectivity index is 3.32. The zero-order chi connectivity index (χ0) is 5.82. The fourth-order valence-electron chi connectivity index (χ4n) is 0.320. The molecule has 0 unspecified atom stereocenters. The second-order valence-corrected chi connectivity index (χ2v) is 1.49. The zero-order valence-corrected chi connectivity index (χ0v) is 4.88. The molecule has 0 radical (unpaired) electrons. The summed E-state index contributed by atoms with van der Waals surface area (Å²) in [6.07, 6.45) is 3.17. The lowest BCUT2D eigenvalue weighted by Gasteiger charge is -1.47. The van der Waals surface area contributed by atoms with Crippen LogP contribution in [0.1, 0.15) is 0 Å². The Kier molecular flexibility index (Phi) is 1.58. The SMILES string of the molecule is S=[n+]1nccccn1. The van der Waals surface area contributed by atoms with Crippen LogP contribution in [0.25, 0.3) is 0 Å². The Morgan fingerprint density at radius 2 is 1.62 bits per heavy atom. The second-order valence-electron chi connectivity index (χ2n) is 1.17. The molecule has 0 aliphatic heterocycles. The van der Waals surface area contributed by atoms with Crippen molar-refractivity contribution in [2.75, 3.05) is 0 Å². The average molecular weight is 126 g/mol. The molecule has 0 fully saturated rings. The van der Waals surface area contributed by atoms with Crippen LogP contribution in [0.4, 0.5) is 0 Å². The van der Waals surface area contributed by atoms with Gasteiger partial charge in [-0.25, -0.2) is 0 Å². The van der Waals surface area contributed by atoms with Crippen LogP contribution < -0.4 is 3.84 Å². The highest BCUT2D eigenvalue weighted by Gasteiger charge is 1.77. The van der Waals surface area contributed by atoms with Crippen molar-refractivity contribution in [1.29, 1.82) is 0 Å². The number of hydrogen-bond donors (Lipinski definition) is 0. The molecule has 0 saturated carbocycles. The van der Waals surface area contributed by atoms with Gasteiger partial charge < -0.3 is 0 Å². The smallest absolute Gasteiger partial charge is 0.0359 e. The summed E-state index contributed by atoms with van der Waals surface area (Å²) < 4.78 is 1.08. The summed E-state index contributed by atoms with van der Waals surface area (Å²) in [6.45, 7) is 0. The van der Waals surface area contributed by atoms with Gasteiger partial charge in [-0.2, -0.15) is 0 Å². The maximum absolute atomic E-state index is 4.57. The molecule has 0 bridgehead atoms. The summed E-state index contributed by atoms with van der Waals surface area (Å²) in [5, 5.41) is 7.32. The molecule has 0 amide bonds. The van der Waals surface area contributed by atoms with Gasteiger partial charge in [0.15, 0.2) is 0 Å². The highest BCUT2D eigenvalue weighted by Crippen LogP contribution is 1.65. The molecule has 40 valence electrons. The largest absolute Gasteiger partial charge is 0.339 e. The molecule has 0 N–H and O–H groups in total. The molecule has 1 aromatic rings. The van der Waals surface area contributed by atoms with Crippen molar-refractivity contribution >= 4 is 12.4 Å². The monoisotopic (exact) mass is 126 g/mol. The number of nitrogens with zero attached hydrogens (tertiary/aromatic N) is 3. The van der Waals surface area contributed by atoms with E-state index in [1.807, 2.05) is 0 Å². The van der Waals surface area contributed by atoms with Gasteiger partial charge in [-0.3, -0.25) is 0 Å². The van der Waals surface area contributed by atoms with Gasteiger partial charge in [0.25, 0.3) is 0 Å². The van der Waals surface area contributed by atoms with Crippen LogP contribution in [0.2, 0.25) is 0 Å². The molecule has 3 nitrogen and oxygen atoms in total. The fourth-order valence-corrected chi connectivity index (χ4v) is 0.429. The molecule has 0 atom stereocenters. The van der Waals surface area contributed by atoms with Gasteiger partial charge in [0.05, 0.1) is 12.4 Å². The number of hydrogen-bond acceptors (Lipinski definition) is 3. The van der Waals surface area contributed by atoms with Gasteiger partial charge in [-0.05, 0) is 12.1 Å². The highest BCUT2D eigenvalue weighted by molar-refractivity contribution is 7.66. The topological polar surface area (TPSA) is 31.7 Å². The van der Waals surface area contributed by atoms with E-state index in [2.05, 4.69) is 22.6 Å². The van der Waals surface area contributed by atoms with Crippen LogP contribution in [0, 0.1) is 0 Å². The van der Waals surface area contributed by atoms with E-state index in [0.29, 0.717) is 0 Å². The first-order chi connectivity index (χ1) is 3.89. The van der Waals surface area contributed by atoms with Crippen LogP contribution >= 0.6 is 12.4 Å². The minimum Gasteiger partial charge on any atom is -0.0359 e. The normalized spacial score (nSPS) is 8.50. The van der Waals surface area contributed by atoms with Gasteiger partial charge in [0.1, 0.15) is 3.84 Å². The Morgan fingerprint density at radius 1 is 1.12 bits per heavy atom. The van der Waals surface area contributed by atoms with Crippen molar-refractivity contribution in [2.45, 2.75) is 0 Å². The molecule has 1 aromatic heterocycles. The Morgan fingerprint density at radius 3 is 2.12 bits per heavy atom. The summed E-state index contributed by atoms with van der Waals surface area (Å²) >= 11 is 4.57. The first-order valence-electron chi connectivity index (χ1n) is 2.10. The van der Waals surface area contributed by atoms with Crippen LogP contribution in [-0.2, 0) is 0 Å². The lowest BCUT2D eigenvalue weighted by atomic mass is 10.6. The van der Waals surface area contributed by atoms with E-state index in [0.717, 1.165) is 3.84 Å². The molecule has 0 spiro atoms. The van der Waals surface area contributed by atoms with Crippen molar-refractivity contribution < 1.29 is 3.84 Å². The van der Waals surface area contributed by atoms with Crippen molar-refractivity contribution in [1.82, 2.24) is 10.2 Å². The van der Waals surface area contributed by atoms with Crippen LogP contribution in [0.3, 0.4) is 0 Å². The Hall–Kier alpha value is -0.900. The lowest BCUT2D eigenvalue weighted by Crippen LogP contribution is -2.17. The molecule has 4 heteroatoms. The quantitative estimate of drug-likeness (QED) is 0.459. The summed E-state index contributed by atoms with van der Waals surface area (Å²) in [5.74, 6) is 0. The molecule has 8 heavy (non-hydrogen) atoms. The van der Waals surface area contributed by atoms with Crippen LogP contribution in [-0.4, -0.2) is 10.2 Å². The number of aromatic nitrogens is 3. The molecule has 0 saturated heterocycles. The molecular weight excluding hydrogens is 122 g/mol. The predicted octanol–water partition coefficient (Wildman–Crippen LogP) is 0.00580. The summed E-state index contributed by atoms with van der Waals surface area (Å²) in [6, 6.07) is 3.52. The third-order valence-electron chi connectivity index (χ3n) is 0.614. The van der Waals surface area contributed by atoms with E-state index in [-0.39, 0.29) is 0 Å². The molecular formula is C4H4N3S+. The molecule has 0 aromatic carbocycles. The Labute approximate surface area is 51.8 Å². The molecule has 1 heterocycles. The highest BCUT2D eigenvalue weighted by atomic mass is 32.1. The van der Waals surface area contributed by atoms with Crippen molar-refractivity contribution in [3.63, 3.8) is 0 Å². The summed E-state index contributed by atoms with van der Waals surface area (Å²) in [4.78, 5) is 0. The van der Waals surface area contributed by atoms with Crippen LogP contribution in [0.15, 0.2) is 24.5 Å². The molecule has 1 rings (SSSR count). The first kappa shape index (κ1) is 5.24. The van der Waals surface area contributed by atoms with E-state index >= 15 is 0 Å². The fraction of sp³-hybridized carbons (Fsp3) is 0. The third kappa shape index (κ3) is 1.31. The first-order valence-corrected chi connectivity index (χ1v) is 2.46. The molecule has 0 aliphatic carbocycles. The minimum absolute atomic E-state index is 1.08. The third-order valence-corrected chi connectivity index (χ3v) is 0.803. The van der Waals surface area contributed by atoms with E-state index < -0.39 is 0 Å². The number of rotatable bonds is 0. The molecule has 0 aliphatic rings. The lowest BCUT2D eigenvalue weighted by molar-refractivity contribution is -0.574. The standard InChI is InChI=1S/C4H4N3S/c8-7-5-3-1-2-4-6-7/h1-4H/q+1. The maximum atomic E-state index is 4.57. The zero-order valence-electron chi connectivity index (χ0n) is 4.06. The van der Waals surface area contributed by atoms with Gasteiger partial charge in [0.2, 0.25) is 0 Å². The minimum atomic E-state index is 1.08. The van der Waals surface area contributed by atoms with Crippen molar-refractivity contribution in [2.24, 2.45) is 0 Å². The van der Waals surface area contributed by atoms with Crippen molar-refractivity contribution in [3.8, 4) is 0 Å². The van der Waals surface area contributed by atoms with E-state index in [9.17, 15) is 0 Å². The van der Waals surface area contributed by atoms with Gasteiger partial charge in [0, 0.05) is 10.2 Å². The summed E-state index contributed by atoms with van der Waals surface area (Å²) in [7, 11) is 0.